The van der Waals surface area contributed by atoms with E-state index in [1.165, 1.54) is 6.07 Å². The lowest BCUT2D eigenvalue weighted by atomic mass is 10.1. The van der Waals surface area contributed by atoms with Crippen LogP contribution >= 0.6 is 11.6 Å². The molecule has 1 aromatic carbocycles. The first-order valence-electron chi connectivity index (χ1n) is 4.17. The Labute approximate surface area is 94.0 Å². The maximum Gasteiger partial charge on any atom is 0.573 e. The molecule has 0 aliphatic rings. The molecule has 2 N–H and O–H groups in total. The lowest BCUT2D eigenvalue weighted by molar-refractivity contribution is -0.274. The highest BCUT2D eigenvalue weighted by atomic mass is 35.5. The predicted molar refractivity (Wildman–Crippen MR) is 50.2 cm³/mol. The van der Waals surface area contributed by atoms with Crippen LogP contribution in [-0.2, 0) is 0 Å². The highest BCUT2D eigenvalue weighted by Gasteiger charge is 2.32. The van der Waals surface area contributed by atoms with E-state index in [-0.39, 0.29) is 10.6 Å². The number of halogens is 4. The van der Waals surface area contributed by atoms with Crippen LogP contribution in [0.25, 0.3) is 0 Å². The molecule has 0 radical (unpaired) electrons. The summed E-state index contributed by atoms with van der Waals surface area (Å²) in [5.74, 6) is -0.553. The molecule has 90 valence electrons. The summed E-state index contributed by atoms with van der Waals surface area (Å²) in [4.78, 5) is 0. The molecule has 0 saturated carbocycles. The lowest BCUT2D eigenvalue weighted by Crippen LogP contribution is -2.17. The SMILES string of the molecule is OCC(O)c1ccc(OC(F)(F)F)c(Cl)c1. The van der Waals surface area contributed by atoms with Gasteiger partial charge in [-0.25, -0.2) is 0 Å². The minimum absolute atomic E-state index is 0.210. The van der Waals surface area contributed by atoms with Gasteiger partial charge in [0.05, 0.1) is 11.6 Å². The summed E-state index contributed by atoms with van der Waals surface area (Å²) >= 11 is 5.52. The highest BCUT2D eigenvalue weighted by molar-refractivity contribution is 6.32. The van der Waals surface area contributed by atoms with E-state index in [4.69, 9.17) is 16.7 Å². The van der Waals surface area contributed by atoms with Crippen molar-refractivity contribution in [2.24, 2.45) is 0 Å². The van der Waals surface area contributed by atoms with Gasteiger partial charge in [0, 0.05) is 0 Å². The van der Waals surface area contributed by atoms with E-state index in [1.807, 2.05) is 0 Å². The Bertz CT molecular complexity index is 368. The van der Waals surface area contributed by atoms with Gasteiger partial charge >= 0.3 is 6.36 Å². The molecule has 0 fully saturated rings. The number of hydrogen-bond acceptors (Lipinski definition) is 3. The molecule has 0 aliphatic heterocycles. The molecule has 0 bridgehead atoms. The van der Waals surface area contributed by atoms with E-state index < -0.39 is 24.8 Å². The molecule has 7 heteroatoms. The van der Waals surface area contributed by atoms with Crippen molar-refractivity contribution in [1.29, 1.82) is 0 Å². The normalized spacial score (nSPS) is 13.6. The van der Waals surface area contributed by atoms with Crippen molar-refractivity contribution in [3.8, 4) is 5.75 Å². The molecule has 1 atom stereocenters. The van der Waals surface area contributed by atoms with Gasteiger partial charge in [-0.1, -0.05) is 17.7 Å². The first-order valence-corrected chi connectivity index (χ1v) is 4.55. The Kier molecular flexibility index (Phi) is 4.01. The van der Waals surface area contributed by atoms with Crippen molar-refractivity contribution in [3.63, 3.8) is 0 Å². The molecule has 0 saturated heterocycles. The fourth-order valence-electron chi connectivity index (χ4n) is 1.04. The first kappa shape index (κ1) is 13.1. The van der Waals surface area contributed by atoms with Crippen molar-refractivity contribution in [3.05, 3.63) is 28.8 Å². The van der Waals surface area contributed by atoms with Gasteiger partial charge in [0.1, 0.15) is 11.9 Å². The number of benzene rings is 1. The number of rotatable bonds is 3. The fourth-order valence-corrected chi connectivity index (χ4v) is 1.26. The fraction of sp³-hybridized carbons (Fsp3) is 0.333. The summed E-state index contributed by atoms with van der Waals surface area (Å²) in [7, 11) is 0. The van der Waals surface area contributed by atoms with Crippen LogP contribution in [0, 0.1) is 0 Å². The van der Waals surface area contributed by atoms with Gasteiger partial charge in [-0.2, -0.15) is 0 Å². The minimum atomic E-state index is -4.82. The summed E-state index contributed by atoms with van der Waals surface area (Å²) in [5.41, 5.74) is 0.210. The predicted octanol–water partition coefficient (Wildman–Crippen LogP) is 2.26. The molecule has 0 aliphatic carbocycles. The summed E-state index contributed by atoms with van der Waals surface area (Å²) in [6.45, 7) is -0.546. The number of ether oxygens (including phenoxy) is 1. The van der Waals surface area contributed by atoms with E-state index in [0.717, 1.165) is 12.1 Å². The van der Waals surface area contributed by atoms with Crippen LogP contribution in [0.2, 0.25) is 5.02 Å². The maximum atomic E-state index is 11.9. The molecule has 1 aromatic rings. The lowest BCUT2D eigenvalue weighted by Gasteiger charge is -2.12. The maximum absolute atomic E-state index is 11.9. The number of alkyl halides is 3. The third kappa shape index (κ3) is 3.55. The summed E-state index contributed by atoms with van der Waals surface area (Å²) < 4.78 is 39.3. The Morgan fingerprint density at radius 2 is 2.00 bits per heavy atom. The van der Waals surface area contributed by atoms with Crippen molar-refractivity contribution in [2.45, 2.75) is 12.5 Å². The second kappa shape index (κ2) is 4.90. The van der Waals surface area contributed by atoms with Crippen LogP contribution in [0.3, 0.4) is 0 Å². The molecule has 0 amide bonds. The number of aliphatic hydroxyl groups is 2. The number of aliphatic hydroxyl groups excluding tert-OH is 2. The van der Waals surface area contributed by atoms with Crippen LogP contribution in [-0.4, -0.2) is 23.2 Å². The van der Waals surface area contributed by atoms with Crippen molar-refractivity contribution >= 4 is 11.6 Å². The van der Waals surface area contributed by atoms with Crippen LogP contribution in [0.1, 0.15) is 11.7 Å². The zero-order valence-electron chi connectivity index (χ0n) is 7.83. The van der Waals surface area contributed by atoms with E-state index in [1.54, 1.807) is 0 Å². The molecule has 0 aromatic heterocycles. The average molecular weight is 257 g/mol. The van der Waals surface area contributed by atoms with E-state index >= 15 is 0 Å². The molecular weight excluding hydrogens is 249 g/mol. The van der Waals surface area contributed by atoms with E-state index in [9.17, 15) is 18.3 Å². The van der Waals surface area contributed by atoms with Gasteiger partial charge in [0.15, 0.2) is 0 Å². The van der Waals surface area contributed by atoms with Crippen molar-refractivity contribution < 1.29 is 28.1 Å². The highest BCUT2D eigenvalue weighted by Crippen LogP contribution is 2.32. The van der Waals surface area contributed by atoms with Gasteiger partial charge in [-0.15, -0.1) is 13.2 Å². The van der Waals surface area contributed by atoms with Gasteiger partial charge in [-0.3, -0.25) is 0 Å². The van der Waals surface area contributed by atoms with Gasteiger partial charge in [0.2, 0.25) is 0 Å². The Morgan fingerprint density at radius 3 is 2.44 bits per heavy atom. The van der Waals surface area contributed by atoms with Crippen LogP contribution in [0.4, 0.5) is 13.2 Å². The molecule has 0 heterocycles. The zero-order chi connectivity index (χ0) is 12.3. The monoisotopic (exact) mass is 256 g/mol. The second-order valence-corrected chi connectivity index (χ2v) is 3.34. The van der Waals surface area contributed by atoms with Crippen molar-refractivity contribution in [2.75, 3.05) is 6.61 Å². The minimum Gasteiger partial charge on any atom is -0.404 e. The molecule has 3 nitrogen and oxygen atoms in total. The summed E-state index contributed by atoms with van der Waals surface area (Å²) in [6.07, 6.45) is -6.00. The molecule has 1 rings (SSSR count). The Morgan fingerprint density at radius 1 is 1.38 bits per heavy atom. The summed E-state index contributed by atoms with van der Waals surface area (Å²) in [6, 6.07) is 3.27. The number of hydrogen-bond donors (Lipinski definition) is 2. The average Bonchev–Trinajstić information content (AvgIpc) is 2.18. The standard InChI is InChI=1S/C9H8ClF3O3/c10-6-3-5(7(15)4-14)1-2-8(6)16-9(11,12)13/h1-3,7,14-15H,4H2. The van der Waals surface area contributed by atoms with Gasteiger partial charge in [-0.05, 0) is 17.7 Å². The smallest absolute Gasteiger partial charge is 0.404 e. The van der Waals surface area contributed by atoms with E-state index in [0.29, 0.717) is 0 Å². The third-order valence-electron chi connectivity index (χ3n) is 1.74. The molecule has 16 heavy (non-hydrogen) atoms. The Hall–Kier alpha value is -0.980. The van der Waals surface area contributed by atoms with Crippen LogP contribution in [0.15, 0.2) is 18.2 Å². The largest absolute Gasteiger partial charge is 0.573 e. The topological polar surface area (TPSA) is 49.7 Å². The zero-order valence-corrected chi connectivity index (χ0v) is 8.59. The summed E-state index contributed by atoms with van der Waals surface area (Å²) in [5, 5.41) is 17.5. The van der Waals surface area contributed by atoms with Crippen LogP contribution < -0.4 is 4.74 Å². The molecule has 0 spiro atoms. The van der Waals surface area contributed by atoms with E-state index in [2.05, 4.69) is 4.74 Å². The third-order valence-corrected chi connectivity index (χ3v) is 2.03. The molecule has 1 unspecified atom stereocenters. The van der Waals surface area contributed by atoms with Gasteiger partial charge in [0.25, 0.3) is 0 Å². The van der Waals surface area contributed by atoms with Gasteiger partial charge < -0.3 is 14.9 Å². The quantitative estimate of drug-likeness (QED) is 0.872. The Balaban J connectivity index is 2.92. The second-order valence-electron chi connectivity index (χ2n) is 2.94. The van der Waals surface area contributed by atoms with Crippen molar-refractivity contribution in [1.82, 2.24) is 0 Å². The van der Waals surface area contributed by atoms with Crippen LogP contribution in [0.5, 0.6) is 5.75 Å². The molecular formula is C9H8ClF3O3. The first-order chi connectivity index (χ1) is 7.33.